The number of carbonyl (C=O) groups is 1. The van der Waals surface area contributed by atoms with Crippen LogP contribution in [0, 0.1) is 38.5 Å². The number of aromatic nitrogens is 1. The molecule has 4 nitrogen and oxygen atoms in total. The maximum absolute atomic E-state index is 12.7. The van der Waals surface area contributed by atoms with Gasteiger partial charge in [0.25, 0.3) is 5.91 Å². The number of hydrogen-bond donors (Lipinski definition) is 1. The van der Waals surface area contributed by atoms with Crippen LogP contribution in [-0.4, -0.2) is 15.6 Å². The van der Waals surface area contributed by atoms with Gasteiger partial charge in [-0.25, -0.2) is 4.99 Å². The number of carbonyl (C=O) groups excluding carboxylic acids is 1. The lowest BCUT2D eigenvalue weighted by atomic mass is 9.48. The van der Waals surface area contributed by atoms with E-state index < -0.39 is 0 Å². The zero-order chi connectivity index (χ0) is 26.0. The second kappa shape index (κ2) is 9.01. The highest BCUT2D eigenvalue weighted by Gasteiger charge is 2.51. The van der Waals surface area contributed by atoms with Crippen molar-refractivity contribution in [2.45, 2.75) is 64.7 Å². The molecule has 38 heavy (non-hydrogen) atoms. The molecule has 194 valence electrons. The van der Waals surface area contributed by atoms with Gasteiger partial charge in [0.2, 0.25) is 0 Å². The topological polar surface area (TPSA) is 46.4 Å². The van der Waals surface area contributed by atoms with Gasteiger partial charge in [0, 0.05) is 17.1 Å². The van der Waals surface area contributed by atoms with Crippen LogP contribution in [0.25, 0.3) is 11.8 Å². The molecule has 3 aromatic rings. The van der Waals surface area contributed by atoms with E-state index in [0.29, 0.717) is 15.5 Å². The lowest BCUT2D eigenvalue weighted by molar-refractivity contribution is -0.115. The maximum atomic E-state index is 12.7. The van der Waals surface area contributed by atoms with E-state index in [-0.39, 0.29) is 5.91 Å². The molecule has 0 unspecified atom stereocenters. The molecule has 1 saturated heterocycles. The Labute approximate surface area is 229 Å². The van der Waals surface area contributed by atoms with Crippen molar-refractivity contribution in [2.75, 3.05) is 0 Å². The molecule has 1 N–H and O–H groups in total. The maximum Gasteiger partial charge on any atom is 0.264 e. The van der Waals surface area contributed by atoms with Gasteiger partial charge in [0.1, 0.15) is 0 Å². The SMILES string of the molecule is Cc1ccc(N=C2NC(=O)/C(=C/c3cc(C)n(-c4ccc(C56CC7CC(CC(C7)C5)C6)cc4)c3C)S2)cc1. The third-order valence-corrected chi connectivity index (χ3v) is 10.4. The Bertz CT molecular complexity index is 1440. The van der Waals surface area contributed by atoms with Gasteiger partial charge in [-0.3, -0.25) is 4.79 Å². The van der Waals surface area contributed by atoms with Crippen molar-refractivity contribution in [3.05, 3.63) is 87.6 Å². The molecule has 4 saturated carbocycles. The molecule has 8 rings (SSSR count). The molecule has 0 atom stereocenters. The molecule has 1 aromatic heterocycles. The van der Waals surface area contributed by atoms with E-state index in [2.05, 4.69) is 66.0 Å². The van der Waals surface area contributed by atoms with Crippen LogP contribution in [0.1, 0.15) is 66.6 Å². The predicted octanol–water partition coefficient (Wildman–Crippen LogP) is 7.76. The smallest absolute Gasteiger partial charge is 0.264 e. The predicted molar refractivity (Wildman–Crippen MR) is 157 cm³/mol. The summed E-state index contributed by atoms with van der Waals surface area (Å²) in [5.74, 6) is 2.78. The summed E-state index contributed by atoms with van der Waals surface area (Å²) in [6, 6.07) is 19.6. The second-order valence-corrected chi connectivity index (χ2v) is 13.3. The molecular formula is C33H35N3OS. The quantitative estimate of drug-likeness (QED) is 0.357. The number of thioether (sulfide) groups is 1. The molecule has 1 aliphatic heterocycles. The van der Waals surface area contributed by atoms with Crippen molar-refractivity contribution in [1.82, 2.24) is 9.88 Å². The minimum absolute atomic E-state index is 0.0920. The molecular weight excluding hydrogens is 486 g/mol. The highest BCUT2D eigenvalue weighted by atomic mass is 32.2. The molecule has 0 spiro atoms. The summed E-state index contributed by atoms with van der Waals surface area (Å²) in [6.07, 6.45) is 10.6. The number of rotatable bonds is 4. The Morgan fingerprint density at radius 3 is 2.18 bits per heavy atom. The fourth-order valence-corrected chi connectivity index (χ4v) is 8.95. The second-order valence-electron chi connectivity index (χ2n) is 12.2. The highest BCUT2D eigenvalue weighted by molar-refractivity contribution is 8.18. The normalized spacial score (nSPS) is 30.0. The number of aliphatic imine (C=N–C) groups is 1. The van der Waals surface area contributed by atoms with Gasteiger partial charge in [0.15, 0.2) is 5.17 Å². The third kappa shape index (κ3) is 4.16. The first kappa shape index (κ1) is 24.0. The van der Waals surface area contributed by atoms with Gasteiger partial charge in [-0.1, -0.05) is 29.8 Å². The van der Waals surface area contributed by atoms with Crippen LogP contribution < -0.4 is 5.32 Å². The lowest BCUT2D eigenvalue weighted by Gasteiger charge is -2.57. The van der Waals surface area contributed by atoms with E-state index >= 15 is 0 Å². The van der Waals surface area contributed by atoms with Crippen LogP contribution in [0.3, 0.4) is 0 Å². The molecule has 5 fully saturated rings. The van der Waals surface area contributed by atoms with Crippen molar-refractivity contribution in [3.8, 4) is 5.69 Å². The number of nitrogens with zero attached hydrogens (tertiary/aromatic N) is 2. The summed E-state index contributed by atoms with van der Waals surface area (Å²) in [6.45, 7) is 6.34. The van der Waals surface area contributed by atoms with Gasteiger partial charge in [0.05, 0.1) is 10.6 Å². The number of amidine groups is 1. The molecule has 5 heteroatoms. The van der Waals surface area contributed by atoms with Crippen LogP contribution in [0.2, 0.25) is 0 Å². The number of benzene rings is 2. The van der Waals surface area contributed by atoms with Gasteiger partial charge in [-0.05, 0) is 142 Å². The average molecular weight is 522 g/mol. The van der Waals surface area contributed by atoms with Crippen LogP contribution >= 0.6 is 11.8 Å². The highest BCUT2D eigenvalue weighted by Crippen LogP contribution is 2.60. The summed E-state index contributed by atoms with van der Waals surface area (Å²) >= 11 is 1.40. The monoisotopic (exact) mass is 521 g/mol. The average Bonchev–Trinajstić information content (AvgIpc) is 3.37. The fraction of sp³-hybridized carbons (Fsp3) is 0.394. The van der Waals surface area contributed by atoms with Gasteiger partial charge >= 0.3 is 0 Å². The number of aryl methyl sites for hydroxylation is 2. The fourth-order valence-electron chi connectivity index (χ4n) is 8.12. The van der Waals surface area contributed by atoms with Crippen LogP contribution in [0.5, 0.6) is 0 Å². The first-order valence-electron chi connectivity index (χ1n) is 14.0. The van der Waals surface area contributed by atoms with E-state index in [1.54, 1.807) is 5.56 Å². The van der Waals surface area contributed by atoms with Crippen molar-refractivity contribution in [2.24, 2.45) is 22.7 Å². The summed E-state index contributed by atoms with van der Waals surface area (Å²) in [5.41, 5.74) is 8.61. The number of hydrogen-bond acceptors (Lipinski definition) is 3. The first-order valence-corrected chi connectivity index (χ1v) is 14.8. The Morgan fingerprint density at radius 1 is 0.921 bits per heavy atom. The van der Waals surface area contributed by atoms with Gasteiger partial charge in [-0.15, -0.1) is 0 Å². The van der Waals surface area contributed by atoms with Gasteiger partial charge in [-0.2, -0.15) is 0 Å². The van der Waals surface area contributed by atoms with E-state index in [4.69, 9.17) is 0 Å². The minimum atomic E-state index is -0.0920. The zero-order valence-electron chi connectivity index (χ0n) is 22.5. The Kier molecular flexibility index (Phi) is 5.70. The van der Waals surface area contributed by atoms with Gasteiger partial charge < -0.3 is 9.88 Å². The van der Waals surface area contributed by atoms with E-state index in [1.165, 1.54) is 67.2 Å². The molecule has 4 aliphatic carbocycles. The third-order valence-electron chi connectivity index (χ3n) is 9.45. The van der Waals surface area contributed by atoms with E-state index in [0.717, 1.165) is 34.7 Å². The van der Waals surface area contributed by atoms with Crippen LogP contribution in [-0.2, 0) is 10.2 Å². The lowest BCUT2D eigenvalue weighted by Crippen LogP contribution is -2.48. The Hall–Kier alpha value is -3.05. The van der Waals surface area contributed by atoms with Crippen molar-refractivity contribution in [3.63, 3.8) is 0 Å². The summed E-state index contributed by atoms with van der Waals surface area (Å²) in [4.78, 5) is 18.0. The Morgan fingerprint density at radius 2 is 1.55 bits per heavy atom. The molecule has 2 heterocycles. The first-order chi connectivity index (χ1) is 18.3. The molecule has 5 aliphatic rings. The minimum Gasteiger partial charge on any atom is -0.318 e. The molecule has 4 bridgehead atoms. The molecule has 0 radical (unpaired) electrons. The number of amides is 1. The van der Waals surface area contributed by atoms with Crippen molar-refractivity contribution in [1.29, 1.82) is 0 Å². The summed E-state index contributed by atoms with van der Waals surface area (Å²) in [5, 5.41) is 3.54. The van der Waals surface area contributed by atoms with Crippen LogP contribution in [0.4, 0.5) is 5.69 Å². The largest absolute Gasteiger partial charge is 0.318 e. The van der Waals surface area contributed by atoms with Crippen molar-refractivity contribution >= 4 is 34.6 Å². The summed E-state index contributed by atoms with van der Waals surface area (Å²) < 4.78 is 2.31. The zero-order valence-corrected chi connectivity index (χ0v) is 23.3. The number of nitrogens with one attached hydrogen (secondary N) is 1. The standard InChI is InChI=1S/C33H35N3OS/c1-20-4-8-28(9-5-20)34-32-35-31(37)30(38-32)16-26-12-21(2)36(22(26)3)29-10-6-27(7-11-29)33-17-23-13-24(18-33)15-25(14-23)19-33/h4-12,16,23-25H,13-15,17-19H2,1-3H3,(H,34,35,37)/b30-16-. The molecule has 2 aromatic carbocycles. The van der Waals surface area contributed by atoms with E-state index in [9.17, 15) is 4.79 Å². The van der Waals surface area contributed by atoms with Crippen molar-refractivity contribution < 1.29 is 4.79 Å². The van der Waals surface area contributed by atoms with Crippen LogP contribution in [0.15, 0.2) is 64.5 Å². The van der Waals surface area contributed by atoms with E-state index in [1.807, 2.05) is 30.3 Å². The Balaban J connectivity index is 1.14. The molecule has 1 amide bonds. The summed E-state index contributed by atoms with van der Waals surface area (Å²) in [7, 11) is 0.